The van der Waals surface area contributed by atoms with Crippen LogP contribution in [0.4, 0.5) is 0 Å². The minimum atomic E-state index is -1.27. The van der Waals surface area contributed by atoms with Gasteiger partial charge in [0.15, 0.2) is 6.04 Å². The van der Waals surface area contributed by atoms with Crippen LogP contribution in [-0.4, -0.2) is 49.8 Å². The van der Waals surface area contributed by atoms with Crippen molar-refractivity contribution in [1.29, 1.82) is 0 Å². The van der Waals surface area contributed by atoms with Gasteiger partial charge in [-0.1, -0.05) is 6.08 Å². The maximum Gasteiger partial charge on any atom is 0.331 e. The predicted octanol–water partition coefficient (Wildman–Crippen LogP) is -0.449. The fraction of sp³-hybridized carbons (Fsp3) is 0.615. The minimum absolute atomic E-state index is 0.197. The molecule has 2 saturated heterocycles. The number of esters is 2. The Hall–Kier alpha value is -1.89. The molecule has 0 radical (unpaired) electrons. The largest absolute Gasteiger partial charge is 0.469 e. The zero-order valence-corrected chi connectivity index (χ0v) is 11.4. The molecule has 0 unspecified atom stereocenters. The number of amides is 1. The summed E-state index contributed by atoms with van der Waals surface area (Å²) in [7, 11) is 2.46. The molecule has 7 nitrogen and oxygen atoms in total. The van der Waals surface area contributed by atoms with E-state index in [4.69, 9.17) is 4.74 Å². The highest BCUT2D eigenvalue weighted by molar-refractivity contribution is 5.94. The van der Waals surface area contributed by atoms with E-state index in [1.165, 1.54) is 14.2 Å². The molecule has 2 aliphatic rings. The molecular weight excluding hydrogens is 266 g/mol. The molecule has 2 rings (SSSR count). The maximum absolute atomic E-state index is 12.0. The summed E-state index contributed by atoms with van der Waals surface area (Å²) in [4.78, 5) is 35.6. The van der Waals surface area contributed by atoms with Crippen LogP contribution in [-0.2, 0) is 28.6 Å². The van der Waals surface area contributed by atoms with Gasteiger partial charge in [-0.2, -0.15) is 0 Å². The maximum atomic E-state index is 12.0. The molecule has 2 fully saturated rings. The molecule has 2 aliphatic heterocycles. The van der Waals surface area contributed by atoms with Crippen LogP contribution >= 0.6 is 0 Å². The quantitative estimate of drug-likeness (QED) is 0.555. The number of fused-ring (bicyclic) bond motifs is 1. The lowest BCUT2D eigenvalue weighted by Gasteiger charge is -2.30. The standard InChI is InChI=1S/C13H17NO6/c1-4-7-5-8-11(16)14-10(12(17)19-3)13(8,20-7)6-9(15)18-2/h4,7-8,10H,1,5-6H2,2-3H3,(H,14,16)/t7-,8+,10-,13+/m0/s1. The molecule has 0 aromatic carbocycles. The van der Waals surface area contributed by atoms with Gasteiger partial charge in [0.05, 0.1) is 32.7 Å². The average molecular weight is 283 g/mol. The first-order valence-electron chi connectivity index (χ1n) is 6.24. The molecule has 20 heavy (non-hydrogen) atoms. The van der Waals surface area contributed by atoms with Gasteiger partial charge in [0, 0.05) is 0 Å². The summed E-state index contributed by atoms with van der Waals surface area (Å²) >= 11 is 0. The molecule has 7 heteroatoms. The molecule has 1 N–H and O–H groups in total. The third kappa shape index (κ3) is 2.07. The van der Waals surface area contributed by atoms with Gasteiger partial charge in [-0.3, -0.25) is 9.59 Å². The van der Waals surface area contributed by atoms with Crippen molar-refractivity contribution in [2.24, 2.45) is 5.92 Å². The van der Waals surface area contributed by atoms with E-state index in [0.717, 1.165) is 0 Å². The molecule has 4 atom stereocenters. The monoisotopic (exact) mass is 283 g/mol. The summed E-state index contributed by atoms with van der Waals surface area (Å²) in [6, 6.07) is -1.02. The second-order valence-corrected chi connectivity index (χ2v) is 4.85. The number of ether oxygens (including phenoxy) is 3. The summed E-state index contributed by atoms with van der Waals surface area (Å²) in [6.07, 6.45) is 1.35. The van der Waals surface area contributed by atoms with Gasteiger partial charge >= 0.3 is 11.9 Å². The van der Waals surface area contributed by atoms with E-state index in [-0.39, 0.29) is 18.4 Å². The molecule has 0 bridgehead atoms. The Morgan fingerprint density at radius 3 is 2.75 bits per heavy atom. The summed E-state index contributed by atoms with van der Waals surface area (Å²) < 4.78 is 15.1. The van der Waals surface area contributed by atoms with Gasteiger partial charge in [-0.25, -0.2) is 4.79 Å². The lowest BCUT2D eigenvalue weighted by Crippen LogP contribution is -2.52. The number of methoxy groups -OCH3 is 2. The highest BCUT2D eigenvalue weighted by atomic mass is 16.6. The molecule has 110 valence electrons. The Kier molecular flexibility index (Phi) is 3.80. The molecular formula is C13H17NO6. The Morgan fingerprint density at radius 2 is 2.20 bits per heavy atom. The van der Waals surface area contributed by atoms with Crippen LogP contribution < -0.4 is 5.32 Å². The normalized spacial score (nSPS) is 35.1. The fourth-order valence-corrected chi connectivity index (χ4v) is 2.89. The first-order valence-corrected chi connectivity index (χ1v) is 6.24. The summed E-state index contributed by atoms with van der Waals surface area (Å²) in [5.41, 5.74) is -1.27. The van der Waals surface area contributed by atoms with E-state index in [9.17, 15) is 14.4 Å². The van der Waals surface area contributed by atoms with Crippen molar-refractivity contribution in [2.75, 3.05) is 14.2 Å². The van der Waals surface area contributed by atoms with Crippen molar-refractivity contribution >= 4 is 17.8 Å². The Morgan fingerprint density at radius 1 is 1.50 bits per heavy atom. The minimum Gasteiger partial charge on any atom is -0.469 e. The Bertz CT molecular complexity index is 462. The average Bonchev–Trinajstić information content (AvgIpc) is 2.93. The van der Waals surface area contributed by atoms with Crippen molar-refractivity contribution in [3.63, 3.8) is 0 Å². The van der Waals surface area contributed by atoms with Crippen LogP contribution in [0.3, 0.4) is 0 Å². The van der Waals surface area contributed by atoms with Gasteiger partial charge in [-0.05, 0) is 6.42 Å². The van der Waals surface area contributed by atoms with Crippen LogP contribution in [0.5, 0.6) is 0 Å². The number of carbonyl (C=O) groups is 3. The van der Waals surface area contributed by atoms with E-state index in [1.807, 2.05) is 0 Å². The Labute approximate surface area is 116 Å². The van der Waals surface area contributed by atoms with Crippen LogP contribution in [0.25, 0.3) is 0 Å². The lowest BCUT2D eigenvalue weighted by atomic mass is 9.82. The number of rotatable bonds is 4. The fourth-order valence-electron chi connectivity index (χ4n) is 2.89. The van der Waals surface area contributed by atoms with E-state index in [0.29, 0.717) is 6.42 Å². The number of hydrogen-bond acceptors (Lipinski definition) is 6. The first kappa shape index (κ1) is 14.5. The van der Waals surface area contributed by atoms with Crippen LogP contribution in [0.15, 0.2) is 12.7 Å². The van der Waals surface area contributed by atoms with E-state index in [2.05, 4.69) is 21.4 Å². The second-order valence-electron chi connectivity index (χ2n) is 4.85. The second kappa shape index (κ2) is 5.24. The zero-order valence-electron chi connectivity index (χ0n) is 11.4. The van der Waals surface area contributed by atoms with Gasteiger partial charge < -0.3 is 19.5 Å². The van der Waals surface area contributed by atoms with Crippen LogP contribution in [0, 0.1) is 5.92 Å². The van der Waals surface area contributed by atoms with Crippen molar-refractivity contribution in [3.8, 4) is 0 Å². The van der Waals surface area contributed by atoms with Gasteiger partial charge in [-0.15, -0.1) is 6.58 Å². The van der Waals surface area contributed by atoms with Crippen LogP contribution in [0.1, 0.15) is 12.8 Å². The molecule has 0 saturated carbocycles. The van der Waals surface area contributed by atoms with Crippen molar-refractivity contribution in [3.05, 3.63) is 12.7 Å². The number of nitrogens with one attached hydrogen (secondary N) is 1. The highest BCUT2D eigenvalue weighted by Gasteiger charge is 2.64. The SMILES string of the molecule is C=C[C@H]1C[C@@H]2C(=O)N[C@@H](C(=O)OC)[C@]2(CC(=O)OC)O1. The molecule has 0 aromatic heterocycles. The molecule has 2 heterocycles. The van der Waals surface area contributed by atoms with Gasteiger partial charge in [0.2, 0.25) is 5.91 Å². The van der Waals surface area contributed by atoms with Crippen molar-refractivity contribution < 1.29 is 28.6 Å². The summed E-state index contributed by atoms with van der Waals surface area (Å²) in [6.45, 7) is 3.63. The van der Waals surface area contributed by atoms with Crippen LogP contribution in [0.2, 0.25) is 0 Å². The van der Waals surface area contributed by atoms with Gasteiger partial charge in [0.1, 0.15) is 5.60 Å². The number of hydrogen-bond donors (Lipinski definition) is 1. The summed E-state index contributed by atoms with van der Waals surface area (Å²) in [5.74, 6) is -2.12. The smallest absolute Gasteiger partial charge is 0.331 e. The summed E-state index contributed by atoms with van der Waals surface area (Å²) in [5, 5.41) is 2.54. The molecule has 0 spiro atoms. The zero-order chi connectivity index (χ0) is 14.9. The highest BCUT2D eigenvalue weighted by Crippen LogP contribution is 2.46. The first-order chi connectivity index (χ1) is 9.48. The molecule has 0 aliphatic carbocycles. The van der Waals surface area contributed by atoms with Crippen molar-refractivity contribution in [2.45, 2.75) is 30.6 Å². The topological polar surface area (TPSA) is 90.9 Å². The van der Waals surface area contributed by atoms with Gasteiger partial charge in [0.25, 0.3) is 0 Å². The number of carbonyl (C=O) groups excluding carboxylic acids is 3. The molecule has 0 aromatic rings. The third-order valence-electron chi connectivity index (χ3n) is 3.87. The lowest BCUT2D eigenvalue weighted by molar-refractivity contribution is -0.158. The predicted molar refractivity (Wildman–Crippen MR) is 66.5 cm³/mol. The Balaban J connectivity index is 2.39. The van der Waals surface area contributed by atoms with E-state index < -0.39 is 29.5 Å². The molecule has 1 amide bonds. The third-order valence-corrected chi connectivity index (χ3v) is 3.87. The van der Waals surface area contributed by atoms with E-state index >= 15 is 0 Å². The van der Waals surface area contributed by atoms with E-state index in [1.54, 1.807) is 6.08 Å². The van der Waals surface area contributed by atoms with Crippen molar-refractivity contribution in [1.82, 2.24) is 5.32 Å².